The van der Waals surface area contributed by atoms with Crippen molar-refractivity contribution < 1.29 is 18.7 Å². The van der Waals surface area contributed by atoms with Gasteiger partial charge in [0.1, 0.15) is 12.0 Å². The molecule has 0 saturated carbocycles. The molecule has 1 amide bonds. The molecule has 50 heavy (non-hydrogen) atoms. The molecule has 0 bridgehead atoms. The number of halogens is 3. The molecule has 3 atom stereocenters. The number of ether oxygens (including phenoxy) is 2. The van der Waals surface area contributed by atoms with Crippen molar-refractivity contribution >= 4 is 34.9 Å². The van der Waals surface area contributed by atoms with Crippen molar-refractivity contribution in [3.8, 4) is 6.01 Å². The number of alkyl halides is 1. The minimum Gasteiger partial charge on any atom is -0.467 e. The lowest BCUT2D eigenvalue weighted by atomic mass is 9.94. The Balaban J connectivity index is 0.000000375. The van der Waals surface area contributed by atoms with Crippen molar-refractivity contribution in [3.63, 3.8) is 0 Å². The zero-order chi connectivity index (χ0) is 34.9. The van der Waals surface area contributed by atoms with Gasteiger partial charge in [-0.25, -0.2) is 4.39 Å². The van der Waals surface area contributed by atoms with E-state index in [1.54, 1.807) is 7.11 Å². The van der Waals surface area contributed by atoms with Crippen LogP contribution >= 0.6 is 23.2 Å². The van der Waals surface area contributed by atoms with Crippen LogP contribution in [0.5, 0.6) is 6.01 Å². The van der Waals surface area contributed by atoms with Gasteiger partial charge in [-0.2, -0.15) is 15.1 Å². The van der Waals surface area contributed by atoms with Gasteiger partial charge in [0.15, 0.2) is 5.69 Å². The van der Waals surface area contributed by atoms with Crippen LogP contribution in [-0.2, 0) is 37.3 Å². The smallest absolute Gasteiger partial charge is 0.318 e. The number of aromatic nitrogens is 4. The number of carbonyl (C=O) groups excluding carboxylic acids is 1. The number of fused-ring (bicyclic) bond motifs is 3. The summed E-state index contributed by atoms with van der Waals surface area (Å²) in [6, 6.07) is 6.90. The average Bonchev–Trinajstić information content (AvgIpc) is 3.75. The lowest BCUT2D eigenvalue weighted by Gasteiger charge is -2.32. The monoisotopic (exact) mass is 728 g/mol. The number of hydrogen-bond donors (Lipinski definition) is 0. The van der Waals surface area contributed by atoms with E-state index in [-0.39, 0.29) is 12.0 Å². The van der Waals surface area contributed by atoms with Crippen molar-refractivity contribution in [2.45, 2.75) is 83.5 Å². The number of rotatable bonds is 5. The summed E-state index contributed by atoms with van der Waals surface area (Å²) >= 11 is 13.4. The summed E-state index contributed by atoms with van der Waals surface area (Å²) < 4.78 is 26.5. The maximum atomic E-state index is 13.3. The lowest BCUT2D eigenvalue weighted by molar-refractivity contribution is 0.0252. The first-order valence-electron chi connectivity index (χ1n) is 17.9. The summed E-state index contributed by atoms with van der Waals surface area (Å²) in [5, 5.41) is 5.85. The molecule has 0 spiro atoms. The third-order valence-electron chi connectivity index (χ3n) is 10.8. The van der Waals surface area contributed by atoms with Crippen LogP contribution in [0.1, 0.15) is 77.3 Å². The van der Waals surface area contributed by atoms with E-state index in [4.69, 9.17) is 42.6 Å². The molecule has 3 fully saturated rings. The first-order chi connectivity index (χ1) is 24.2. The standard InChI is InChI=1S/C29H35Cl2N7O3.C7H12FN/c1-4-18-19(7-5-8-21(18)30)24-15-22-20(17-41-24)27(33-29(32-22)40-3)37-9-6-10-38-23(16-37)25(31)26(34-38)28(39)36-13-11-35(2)12-14-36;8-6-4-7-2-1-3-9(7)5-6/h5,7-8,24H,4,6,9-17H2,1-3H3;6-7H,1-5H2. The number of nitrogens with zero attached hydrogens (tertiary/aromatic N) is 8. The van der Waals surface area contributed by atoms with Crippen molar-refractivity contribution in [2.24, 2.45) is 0 Å². The Morgan fingerprint density at radius 2 is 1.90 bits per heavy atom. The van der Waals surface area contributed by atoms with Crippen molar-refractivity contribution in [3.05, 3.63) is 62.0 Å². The van der Waals surface area contributed by atoms with Gasteiger partial charge < -0.3 is 24.2 Å². The van der Waals surface area contributed by atoms with Gasteiger partial charge >= 0.3 is 6.01 Å². The molecule has 3 aromatic rings. The van der Waals surface area contributed by atoms with Crippen LogP contribution in [0.15, 0.2) is 18.2 Å². The fraction of sp³-hybridized carbons (Fsp3) is 0.611. The lowest BCUT2D eigenvalue weighted by Crippen LogP contribution is -2.47. The van der Waals surface area contributed by atoms with Crippen LogP contribution in [0, 0.1) is 0 Å². The van der Waals surface area contributed by atoms with E-state index in [1.807, 2.05) is 21.7 Å². The summed E-state index contributed by atoms with van der Waals surface area (Å²) in [6.07, 6.45) is 4.88. The molecular formula is C36H47Cl2FN8O3. The maximum Gasteiger partial charge on any atom is 0.318 e. The van der Waals surface area contributed by atoms with Gasteiger partial charge in [0.2, 0.25) is 0 Å². The number of piperazine rings is 1. The normalized spacial score (nSPS) is 23.8. The molecule has 0 aliphatic carbocycles. The second-order valence-corrected chi connectivity index (χ2v) is 14.7. The van der Waals surface area contributed by atoms with E-state index in [0.29, 0.717) is 68.5 Å². The second-order valence-electron chi connectivity index (χ2n) is 14.0. The van der Waals surface area contributed by atoms with E-state index < -0.39 is 6.17 Å². The topological polar surface area (TPSA) is 92.1 Å². The third-order valence-corrected chi connectivity index (χ3v) is 11.5. The molecule has 11 nitrogen and oxygen atoms in total. The van der Waals surface area contributed by atoms with Crippen LogP contribution in [0.3, 0.4) is 0 Å². The predicted molar refractivity (Wildman–Crippen MR) is 191 cm³/mol. The minimum absolute atomic E-state index is 0.108. The second kappa shape index (κ2) is 15.3. The minimum atomic E-state index is -0.518. The van der Waals surface area contributed by atoms with Crippen molar-refractivity contribution in [2.75, 3.05) is 64.9 Å². The largest absolute Gasteiger partial charge is 0.467 e. The molecule has 14 heteroatoms. The highest BCUT2D eigenvalue weighted by Crippen LogP contribution is 2.39. The average molecular weight is 730 g/mol. The van der Waals surface area contributed by atoms with Gasteiger partial charge in [-0.15, -0.1) is 0 Å². The molecule has 2 aromatic heterocycles. The van der Waals surface area contributed by atoms with E-state index in [1.165, 1.54) is 12.8 Å². The number of methoxy groups -OCH3 is 1. The fourth-order valence-corrected chi connectivity index (χ4v) is 8.61. The SMILES string of the molecule is CCc1c(Cl)cccc1C1Cc2nc(OC)nc(N3CCCn4nc(C(=O)N5CCN(C)CC5)c(Cl)c4C3)c2CO1.FC1CC2CCCN2C1. The molecular weight excluding hydrogens is 682 g/mol. The highest BCUT2D eigenvalue weighted by molar-refractivity contribution is 6.34. The number of benzene rings is 1. The van der Waals surface area contributed by atoms with E-state index >= 15 is 0 Å². The third kappa shape index (κ3) is 7.19. The summed E-state index contributed by atoms with van der Waals surface area (Å²) in [5.74, 6) is 0.660. The van der Waals surface area contributed by atoms with Gasteiger partial charge in [0.05, 0.1) is 42.8 Å². The number of amides is 1. The Bertz CT molecular complexity index is 1690. The van der Waals surface area contributed by atoms with Crippen LogP contribution in [0.25, 0.3) is 0 Å². The van der Waals surface area contributed by atoms with Crippen LogP contribution in [0.2, 0.25) is 10.0 Å². The Morgan fingerprint density at radius 1 is 1.08 bits per heavy atom. The molecule has 0 N–H and O–H groups in total. The fourth-order valence-electron chi connectivity index (χ4n) is 8.02. The quantitative estimate of drug-likeness (QED) is 0.345. The predicted octanol–water partition coefficient (Wildman–Crippen LogP) is 5.36. The Hall–Kier alpha value is -3.03. The number of hydrogen-bond acceptors (Lipinski definition) is 9. The Kier molecular flexibility index (Phi) is 10.8. The van der Waals surface area contributed by atoms with E-state index in [2.05, 4.69) is 39.8 Å². The van der Waals surface area contributed by atoms with Gasteiger partial charge in [-0.1, -0.05) is 42.3 Å². The summed E-state index contributed by atoms with van der Waals surface area (Å²) in [4.78, 5) is 31.4. The van der Waals surface area contributed by atoms with Gasteiger partial charge in [0.25, 0.3) is 5.91 Å². The van der Waals surface area contributed by atoms with E-state index in [9.17, 15) is 9.18 Å². The molecule has 3 unspecified atom stereocenters. The van der Waals surface area contributed by atoms with Crippen LogP contribution in [0.4, 0.5) is 10.2 Å². The zero-order valence-corrected chi connectivity index (χ0v) is 30.7. The number of aryl methyl sites for hydroxylation is 1. The summed E-state index contributed by atoms with van der Waals surface area (Å²) in [6.45, 7) is 9.21. The number of anilines is 1. The molecule has 1 aromatic carbocycles. The van der Waals surface area contributed by atoms with Crippen LogP contribution < -0.4 is 9.64 Å². The first kappa shape index (κ1) is 35.4. The molecule has 0 radical (unpaired) electrons. The highest BCUT2D eigenvalue weighted by Gasteiger charge is 2.35. The van der Waals surface area contributed by atoms with Crippen molar-refractivity contribution in [1.82, 2.24) is 34.4 Å². The molecule has 8 rings (SSSR count). The highest BCUT2D eigenvalue weighted by atomic mass is 35.5. The first-order valence-corrected chi connectivity index (χ1v) is 18.7. The van der Waals surface area contributed by atoms with Gasteiger partial charge in [-0.3, -0.25) is 14.4 Å². The van der Waals surface area contributed by atoms with Crippen LogP contribution in [-0.4, -0.2) is 113 Å². The Labute approximate surface area is 303 Å². The molecule has 7 heterocycles. The molecule has 5 aliphatic rings. The maximum absolute atomic E-state index is 13.3. The number of carbonyl (C=O) groups is 1. The summed E-state index contributed by atoms with van der Waals surface area (Å²) in [5.41, 5.74) is 5.18. The van der Waals surface area contributed by atoms with Crippen molar-refractivity contribution in [1.29, 1.82) is 0 Å². The Morgan fingerprint density at radius 3 is 2.66 bits per heavy atom. The molecule has 5 aliphatic heterocycles. The van der Waals surface area contributed by atoms with E-state index in [0.717, 1.165) is 84.4 Å². The molecule has 3 saturated heterocycles. The van der Waals surface area contributed by atoms with Gasteiger partial charge in [0, 0.05) is 68.9 Å². The number of likely N-dealkylation sites (N-methyl/N-ethyl adjacent to an activating group) is 1. The van der Waals surface area contributed by atoms with Gasteiger partial charge in [-0.05, 0) is 62.9 Å². The zero-order valence-electron chi connectivity index (χ0n) is 29.2. The molecule has 270 valence electrons. The summed E-state index contributed by atoms with van der Waals surface area (Å²) in [7, 11) is 3.65.